The molecule has 1 aromatic rings. The molecule has 2 amide bonds. The summed E-state index contributed by atoms with van der Waals surface area (Å²) in [5.41, 5.74) is 7.66. The fourth-order valence-corrected chi connectivity index (χ4v) is 1.71. The molecule has 8 heteroatoms. The van der Waals surface area contributed by atoms with Gasteiger partial charge in [0.1, 0.15) is 0 Å². The fourth-order valence-electron chi connectivity index (χ4n) is 1.38. The maximum Gasteiger partial charge on any atom is 0.255 e. The van der Waals surface area contributed by atoms with Gasteiger partial charge >= 0.3 is 0 Å². The molecule has 0 spiro atoms. The lowest BCUT2D eigenvalue weighted by Gasteiger charge is -2.13. The molecule has 6 N–H and O–H groups in total. The van der Waals surface area contributed by atoms with Crippen LogP contribution >= 0.6 is 15.9 Å². The van der Waals surface area contributed by atoms with Crippen LogP contribution < -0.4 is 22.3 Å². The number of carbonyl (C=O) groups is 2. The summed E-state index contributed by atoms with van der Waals surface area (Å²) in [6, 6.07) is 1.22. The van der Waals surface area contributed by atoms with Gasteiger partial charge in [0.25, 0.3) is 5.91 Å². The number of aromatic nitrogens is 1. The van der Waals surface area contributed by atoms with Crippen molar-refractivity contribution in [2.24, 2.45) is 11.6 Å². The quantitative estimate of drug-likeness (QED) is 0.454. The van der Waals surface area contributed by atoms with Crippen LogP contribution in [0.4, 0.5) is 5.82 Å². The van der Waals surface area contributed by atoms with Crippen molar-refractivity contribution in [2.45, 2.75) is 19.4 Å². The molecule has 0 aliphatic carbocycles. The summed E-state index contributed by atoms with van der Waals surface area (Å²) in [5.74, 6) is 4.66. The van der Waals surface area contributed by atoms with E-state index in [4.69, 9.17) is 11.6 Å². The number of pyridine rings is 1. The molecular weight excluding hydrogens is 302 g/mol. The highest BCUT2D eigenvalue weighted by Gasteiger charge is 2.16. The van der Waals surface area contributed by atoms with Crippen molar-refractivity contribution < 1.29 is 9.59 Å². The number of anilines is 1. The van der Waals surface area contributed by atoms with Crippen molar-refractivity contribution in [3.63, 3.8) is 0 Å². The Hall–Kier alpha value is -1.67. The van der Waals surface area contributed by atoms with Crippen LogP contribution in [0.1, 0.15) is 23.7 Å². The van der Waals surface area contributed by atoms with Gasteiger partial charge in [-0.1, -0.05) is 0 Å². The zero-order chi connectivity index (χ0) is 13.7. The van der Waals surface area contributed by atoms with Crippen LogP contribution in [0.2, 0.25) is 0 Å². The van der Waals surface area contributed by atoms with E-state index in [-0.39, 0.29) is 29.8 Å². The number of hydrogen-bond acceptors (Lipinski definition) is 5. The zero-order valence-corrected chi connectivity index (χ0v) is 11.3. The molecule has 18 heavy (non-hydrogen) atoms. The summed E-state index contributed by atoms with van der Waals surface area (Å²) in [4.78, 5) is 26.6. The molecule has 0 saturated carbocycles. The number of rotatable bonds is 5. The van der Waals surface area contributed by atoms with Gasteiger partial charge in [0.2, 0.25) is 5.91 Å². The van der Waals surface area contributed by atoms with Gasteiger partial charge in [-0.3, -0.25) is 9.59 Å². The van der Waals surface area contributed by atoms with Crippen LogP contribution in [-0.4, -0.2) is 22.8 Å². The summed E-state index contributed by atoms with van der Waals surface area (Å²) in [6.07, 6.45) is 1.58. The van der Waals surface area contributed by atoms with E-state index < -0.39 is 5.91 Å². The number of primary amides is 1. The first-order valence-corrected chi connectivity index (χ1v) is 5.94. The highest BCUT2D eigenvalue weighted by molar-refractivity contribution is 9.10. The predicted octanol–water partition coefficient (Wildman–Crippen LogP) is 0.123. The maximum absolute atomic E-state index is 11.9. The van der Waals surface area contributed by atoms with E-state index in [0.717, 1.165) is 0 Å². The largest absolute Gasteiger partial charge is 0.370 e. The lowest BCUT2D eigenvalue weighted by molar-refractivity contribution is -0.118. The lowest BCUT2D eigenvalue weighted by Crippen LogP contribution is -2.36. The van der Waals surface area contributed by atoms with Gasteiger partial charge in [-0.05, 0) is 28.9 Å². The first-order valence-electron chi connectivity index (χ1n) is 5.15. The van der Waals surface area contributed by atoms with Gasteiger partial charge in [-0.25, -0.2) is 10.8 Å². The molecule has 0 aromatic carbocycles. The second-order valence-electron chi connectivity index (χ2n) is 3.74. The SMILES string of the molecule is CC(CC(N)=O)NC(=O)c1cc(Br)cnc1NN. The lowest BCUT2D eigenvalue weighted by atomic mass is 10.2. The van der Waals surface area contributed by atoms with Crippen LogP contribution in [0, 0.1) is 0 Å². The van der Waals surface area contributed by atoms with E-state index in [1.807, 2.05) is 0 Å². The van der Waals surface area contributed by atoms with Crippen LogP contribution in [0.15, 0.2) is 16.7 Å². The molecule has 1 rings (SSSR count). The molecule has 0 aliphatic heterocycles. The fraction of sp³-hybridized carbons (Fsp3) is 0.300. The van der Waals surface area contributed by atoms with Gasteiger partial charge in [-0.2, -0.15) is 0 Å². The minimum absolute atomic E-state index is 0.0680. The predicted molar refractivity (Wildman–Crippen MR) is 70.5 cm³/mol. The van der Waals surface area contributed by atoms with Crippen molar-refractivity contribution in [2.75, 3.05) is 5.43 Å². The number of nitrogens with two attached hydrogens (primary N) is 2. The highest BCUT2D eigenvalue weighted by Crippen LogP contribution is 2.17. The van der Waals surface area contributed by atoms with Gasteiger partial charge in [0.05, 0.1) is 5.56 Å². The Morgan fingerprint density at radius 1 is 1.56 bits per heavy atom. The van der Waals surface area contributed by atoms with E-state index in [0.29, 0.717) is 4.47 Å². The summed E-state index contributed by atoms with van der Waals surface area (Å²) >= 11 is 3.22. The minimum atomic E-state index is -0.479. The molecule has 1 heterocycles. The number of halogens is 1. The standard InChI is InChI=1S/C10H14BrN5O2/c1-5(2-8(12)17)15-10(18)7-3-6(11)4-14-9(7)16-13/h3-5H,2,13H2,1H3,(H2,12,17)(H,14,16)(H,15,18). The minimum Gasteiger partial charge on any atom is -0.370 e. The second kappa shape index (κ2) is 6.31. The number of nitrogen functional groups attached to an aromatic ring is 1. The van der Waals surface area contributed by atoms with E-state index in [1.165, 1.54) is 6.20 Å². The Labute approximate surface area is 112 Å². The summed E-state index contributed by atoms with van der Waals surface area (Å²) < 4.78 is 0.647. The summed E-state index contributed by atoms with van der Waals surface area (Å²) in [6.45, 7) is 1.68. The molecule has 98 valence electrons. The van der Waals surface area contributed by atoms with Crippen molar-refractivity contribution in [3.05, 3.63) is 22.3 Å². The van der Waals surface area contributed by atoms with Crippen molar-refractivity contribution >= 4 is 33.6 Å². The Morgan fingerprint density at radius 3 is 2.78 bits per heavy atom. The average Bonchev–Trinajstić information content (AvgIpc) is 2.27. The number of carbonyl (C=O) groups excluding carboxylic acids is 2. The Kier molecular flexibility index (Phi) is 5.05. The molecule has 0 fully saturated rings. The van der Waals surface area contributed by atoms with Gasteiger partial charge < -0.3 is 16.5 Å². The molecule has 0 bridgehead atoms. The third-order valence-corrected chi connectivity index (χ3v) is 2.55. The van der Waals surface area contributed by atoms with Crippen molar-refractivity contribution in [1.82, 2.24) is 10.3 Å². The van der Waals surface area contributed by atoms with Gasteiger partial charge in [-0.15, -0.1) is 0 Å². The molecule has 1 atom stereocenters. The monoisotopic (exact) mass is 315 g/mol. The normalized spacial score (nSPS) is 11.7. The third-order valence-electron chi connectivity index (χ3n) is 2.12. The average molecular weight is 316 g/mol. The third kappa shape index (κ3) is 3.97. The van der Waals surface area contributed by atoms with Gasteiger partial charge in [0.15, 0.2) is 5.82 Å². The summed E-state index contributed by atoms with van der Waals surface area (Å²) in [7, 11) is 0. The number of nitrogens with one attached hydrogen (secondary N) is 2. The van der Waals surface area contributed by atoms with Crippen LogP contribution in [0.25, 0.3) is 0 Å². The number of hydrazine groups is 1. The van der Waals surface area contributed by atoms with E-state index >= 15 is 0 Å². The van der Waals surface area contributed by atoms with Crippen LogP contribution in [-0.2, 0) is 4.79 Å². The molecule has 7 nitrogen and oxygen atoms in total. The number of nitrogens with zero attached hydrogens (tertiary/aromatic N) is 1. The summed E-state index contributed by atoms with van der Waals surface area (Å²) in [5, 5.41) is 2.63. The number of amides is 2. The molecule has 1 unspecified atom stereocenters. The molecule has 0 aliphatic rings. The van der Waals surface area contributed by atoms with E-state index in [2.05, 4.69) is 31.7 Å². The first-order chi connectivity index (χ1) is 8.43. The van der Waals surface area contributed by atoms with E-state index in [9.17, 15) is 9.59 Å². The first kappa shape index (κ1) is 14.4. The molecule has 1 aromatic heterocycles. The van der Waals surface area contributed by atoms with Crippen molar-refractivity contribution in [1.29, 1.82) is 0 Å². The molecule has 0 saturated heterocycles. The number of hydrogen-bond donors (Lipinski definition) is 4. The highest BCUT2D eigenvalue weighted by atomic mass is 79.9. The zero-order valence-electron chi connectivity index (χ0n) is 9.74. The topological polar surface area (TPSA) is 123 Å². The van der Waals surface area contributed by atoms with E-state index in [1.54, 1.807) is 13.0 Å². The smallest absolute Gasteiger partial charge is 0.255 e. The Morgan fingerprint density at radius 2 is 2.22 bits per heavy atom. The van der Waals surface area contributed by atoms with Crippen molar-refractivity contribution in [3.8, 4) is 0 Å². The van der Waals surface area contributed by atoms with Gasteiger partial charge in [0, 0.05) is 23.1 Å². The Balaban J connectivity index is 2.83. The Bertz CT molecular complexity index is 466. The molecular formula is C10H14BrN5O2. The van der Waals surface area contributed by atoms with Crippen LogP contribution in [0.3, 0.4) is 0 Å². The maximum atomic E-state index is 11.9. The van der Waals surface area contributed by atoms with Crippen LogP contribution in [0.5, 0.6) is 0 Å². The second-order valence-corrected chi connectivity index (χ2v) is 4.65. The molecule has 0 radical (unpaired) electrons.